The van der Waals surface area contributed by atoms with Crippen molar-refractivity contribution in [2.75, 3.05) is 26.2 Å². The van der Waals surface area contributed by atoms with Gasteiger partial charge in [0.25, 0.3) is 0 Å². The van der Waals surface area contributed by atoms with Gasteiger partial charge in [-0.2, -0.15) is 0 Å². The van der Waals surface area contributed by atoms with Gasteiger partial charge in [0.15, 0.2) is 0 Å². The standard InChI is InChI=1S/C16H30N2O4.K/c1-3-4-5-6-7-8-15(20)17-10-12-18(13-14(2)19)11-9-16(21)22;/h5-6,14,19H,3-4,7-13H2,1-2H3,(H,17,20)(H,21,22);/q;+1/p-1/b6-5+;. The number of carbonyl (C=O) groups is 1. The van der Waals surface area contributed by atoms with Gasteiger partial charge < -0.3 is 20.3 Å². The molecule has 1 unspecified atom stereocenters. The second kappa shape index (κ2) is 17.1. The first-order valence-electron chi connectivity index (χ1n) is 7.93. The molecule has 0 saturated heterocycles. The maximum Gasteiger partial charge on any atom is 1.00 e. The van der Waals surface area contributed by atoms with Gasteiger partial charge in [0, 0.05) is 19.6 Å². The van der Waals surface area contributed by atoms with E-state index in [1.807, 2.05) is 11.0 Å². The second-order valence-electron chi connectivity index (χ2n) is 5.37. The van der Waals surface area contributed by atoms with Gasteiger partial charge in [-0.3, -0.25) is 9.69 Å². The van der Waals surface area contributed by atoms with E-state index in [1.54, 1.807) is 6.92 Å². The molecule has 23 heavy (non-hydrogen) atoms. The molecule has 0 aliphatic heterocycles. The molecule has 0 rings (SSSR count). The number of aliphatic imine (C=N–C) groups is 1. The van der Waals surface area contributed by atoms with Crippen molar-refractivity contribution in [2.45, 2.75) is 52.1 Å². The fourth-order valence-corrected chi connectivity index (χ4v) is 1.93. The molecule has 128 valence electrons. The molecular formula is C16H29KN2O4. The number of hydrogen-bond donors (Lipinski definition) is 2. The quantitative estimate of drug-likeness (QED) is 0.174. The van der Waals surface area contributed by atoms with E-state index in [1.165, 1.54) is 0 Å². The number of unbranched alkanes of at least 4 members (excludes halogenated alkanes) is 1. The Kier molecular flexibility index (Phi) is 18.9. The Labute approximate surface area is 182 Å². The van der Waals surface area contributed by atoms with Gasteiger partial charge in [-0.25, -0.2) is 0 Å². The molecule has 0 heterocycles. The van der Waals surface area contributed by atoms with E-state index in [0.717, 1.165) is 12.8 Å². The normalized spacial score (nSPS) is 13.3. The monoisotopic (exact) mass is 352 g/mol. The van der Waals surface area contributed by atoms with Crippen LogP contribution in [0.15, 0.2) is 17.1 Å². The first kappa shape index (κ1) is 25.5. The van der Waals surface area contributed by atoms with Gasteiger partial charge in [-0.15, -0.1) is 0 Å². The molecule has 0 aliphatic rings. The van der Waals surface area contributed by atoms with E-state index in [-0.39, 0.29) is 63.7 Å². The van der Waals surface area contributed by atoms with Crippen LogP contribution < -0.4 is 56.5 Å². The summed E-state index contributed by atoms with van der Waals surface area (Å²) in [5, 5.41) is 29.7. The Hall–Kier alpha value is 0.236. The van der Waals surface area contributed by atoms with Crippen LogP contribution in [0.2, 0.25) is 0 Å². The van der Waals surface area contributed by atoms with Crippen LogP contribution in [0.25, 0.3) is 0 Å². The Morgan fingerprint density at radius 1 is 1.26 bits per heavy atom. The SMILES string of the molecule is CCC/C=C/CCC([O-])=NCCN(CCC(=O)O)CC(C)O.[K+]. The first-order chi connectivity index (χ1) is 10.5. The molecule has 0 aromatic rings. The summed E-state index contributed by atoms with van der Waals surface area (Å²) in [6.45, 7) is 5.31. The maximum absolute atomic E-state index is 11.6. The van der Waals surface area contributed by atoms with Crippen LogP contribution in [0.1, 0.15) is 46.0 Å². The molecule has 0 bridgehead atoms. The van der Waals surface area contributed by atoms with Crippen LogP contribution in [0, 0.1) is 0 Å². The van der Waals surface area contributed by atoms with Gasteiger partial charge >= 0.3 is 57.4 Å². The molecule has 0 aliphatic carbocycles. The molecule has 0 fully saturated rings. The minimum Gasteiger partial charge on any atom is -0.862 e. The summed E-state index contributed by atoms with van der Waals surface area (Å²) in [6.07, 6.45) is 6.81. The fourth-order valence-electron chi connectivity index (χ4n) is 1.93. The van der Waals surface area contributed by atoms with E-state index < -0.39 is 12.1 Å². The number of carboxylic acids is 1. The molecule has 1 atom stereocenters. The van der Waals surface area contributed by atoms with Crippen molar-refractivity contribution in [3.63, 3.8) is 0 Å². The number of allylic oxidation sites excluding steroid dienone is 2. The van der Waals surface area contributed by atoms with Crippen LogP contribution in [0.5, 0.6) is 0 Å². The molecular weight excluding hydrogens is 323 g/mol. The van der Waals surface area contributed by atoms with Crippen LogP contribution in [0.4, 0.5) is 0 Å². The van der Waals surface area contributed by atoms with E-state index in [4.69, 9.17) is 5.11 Å². The summed E-state index contributed by atoms with van der Waals surface area (Å²) < 4.78 is 0. The topological polar surface area (TPSA) is 96.2 Å². The van der Waals surface area contributed by atoms with Gasteiger partial charge in [0.2, 0.25) is 0 Å². The van der Waals surface area contributed by atoms with Crippen molar-refractivity contribution in [2.24, 2.45) is 4.99 Å². The third kappa shape index (κ3) is 18.4. The summed E-state index contributed by atoms with van der Waals surface area (Å²) in [5.74, 6) is -1.00. The summed E-state index contributed by atoms with van der Waals surface area (Å²) in [7, 11) is 0. The van der Waals surface area contributed by atoms with Crippen molar-refractivity contribution in [1.29, 1.82) is 0 Å². The number of nitrogens with zero attached hydrogens (tertiary/aromatic N) is 2. The Morgan fingerprint density at radius 3 is 2.48 bits per heavy atom. The van der Waals surface area contributed by atoms with Crippen molar-refractivity contribution in [3.05, 3.63) is 12.2 Å². The van der Waals surface area contributed by atoms with Crippen LogP contribution in [-0.2, 0) is 4.79 Å². The zero-order valence-corrected chi connectivity index (χ0v) is 17.8. The Balaban J connectivity index is 0. The van der Waals surface area contributed by atoms with E-state index in [2.05, 4.69) is 18.0 Å². The second-order valence-corrected chi connectivity index (χ2v) is 5.37. The van der Waals surface area contributed by atoms with Gasteiger partial charge in [-0.1, -0.05) is 25.5 Å². The molecule has 6 nitrogen and oxygen atoms in total. The largest absolute Gasteiger partial charge is 1.00 e. The minimum absolute atomic E-state index is 0. The van der Waals surface area contributed by atoms with Crippen molar-refractivity contribution in [1.82, 2.24) is 4.90 Å². The summed E-state index contributed by atoms with van der Waals surface area (Å²) in [5.41, 5.74) is 0. The summed E-state index contributed by atoms with van der Waals surface area (Å²) in [6, 6.07) is 0. The molecule has 0 radical (unpaired) electrons. The predicted octanol–water partition coefficient (Wildman–Crippen LogP) is -1.96. The first-order valence-corrected chi connectivity index (χ1v) is 7.93. The van der Waals surface area contributed by atoms with E-state index >= 15 is 0 Å². The van der Waals surface area contributed by atoms with Crippen molar-refractivity contribution in [3.8, 4) is 0 Å². The predicted molar refractivity (Wildman–Crippen MR) is 86.0 cm³/mol. The molecule has 0 aromatic carbocycles. The molecule has 0 amide bonds. The summed E-state index contributed by atoms with van der Waals surface area (Å²) in [4.78, 5) is 16.4. The van der Waals surface area contributed by atoms with Crippen LogP contribution in [-0.4, -0.2) is 59.3 Å². The molecule has 7 heteroatoms. The zero-order chi connectivity index (χ0) is 16.8. The van der Waals surface area contributed by atoms with E-state index in [9.17, 15) is 15.0 Å². The zero-order valence-electron chi connectivity index (χ0n) is 14.7. The average Bonchev–Trinajstić information content (AvgIpc) is 2.43. The smallest absolute Gasteiger partial charge is 0.862 e. The van der Waals surface area contributed by atoms with Crippen molar-refractivity contribution < 1.29 is 71.5 Å². The summed E-state index contributed by atoms with van der Waals surface area (Å²) >= 11 is 0. The minimum atomic E-state index is -0.873. The number of aliphatic carboxylic acids is 1. The number of hydrogen-bond acceptors (Lipinski definition) is 5. The fraction of sp³-hybridized carbons (Fsp3) is 0.750. The number of rotatable bonds is 13. The van der Waals surface area contributed by atoms with Gasteiger partial charge in [0.1, 0.15) is 0 Å². The molecule has 0 aromatic heterocycles. The van der Waals surface area contributed by atoms with Crippen LogP contribution >= 0.6 is 0 Å². The van der Waals surface area contributed by atoms with Gasteiger partial charge in [-0.05, 0) is 32.1 Å². The van der Waals surface area contributed by atoms with Gasteiger partial charge in [0.05, 0.1) is 19.1 Å². The van der Waals surface area contributed by atoms with Crippen LogP contribution in [0.3, 0.4) is 0 Å². The number of carboxylic acid groups (broad SMARTS) is 1. The molecule has 0 spiro atoms. The van der Waals surface area contributed by atoms with Crippen molar-refractivity contribution >= 4 is 11.9 Å². The number of aliphatic hydroxyl groups excluding tert-OH is 1. The average molecular weight is 353 g/mol. The molecule has 0 saturated carbocycles. The molecule has 2 N–H and O–H groups in total. The Bertz CT molecular complexity index is 360. The third-order valence-electron chi connectivity index (χ3n) is 3.02. The third-order valence-corrected chi connectivity index (χ3v) is 3.02. The number of aliphatic hydroxyl groups is 1. The maximum atomic E-state index is 11.6. The Morgan fingerprint density at radius 2 is 1.91 bits per heavy atom. The van der Waals surface area contributed by atoms with E-state index in [0.29, 0.717) is 39.0 Å².